The molecule has 11 heteroatoms. The summed E-state index contributed by atoms with van der Waals surface area (Å²) < 4.78 is 13.3. The Morgan fingerprint density at radius 3 is 2.67 bits per heavy atom. The van der Waals surface area contributed by atoms with Gasteiger partial charge in [0.25, 0.3) is 11.8 Å². The van der Waals surface area contributed by atoms with E-state index >= 15 is 0 Å². The average Bonchev–Trinajstić information content (AvgIpc) is 2.85. The molecule has 1 saturated heterocycles. The second kappa shape index (κ2) is 7.17. The molecule has 3 N–H and O–H groups in total. The van der Waals surface area contributed by atoms with Gasteiger partial charge in [0.05, 0.1) is 11.5 Å². The van der Waals surface area contributed by atoms with E-state index in [1.807, 2.05) is 0 Å². The van der Waals surface area contributed by atoms with Crippen molar-refractivity contribution in [2.24, 2.45) is 0 Å². The number of urea groups is 1. The number of benzene rings is 1. The van der Waals surface area contributed by atoms with Gasteiger partial charge in [0.2, 0.25) is 5.82 Å². The molecule has 1 aliphatic carbocycles. The van der Waals surface area contributed by atoms with E-state index in [4.69, 9.17) is 0 Å². The van der Waals surface area contributed by atoms with Gasteiger partial charge in [-0.15, -0.1) is 0 Å². The van der Waals surface area contributed by atoms with Gasteiger partial charge in [-0.1, -0.05) is 19.3 Å². The summed E-state index contributed by atoms with van der Waals surface area (Å²) in [6, 6.07) is 2.41. The highest BCUT2D eigenvalue weighted by Crippen LogP contribution is 2.33. The fraction of sp³-hybridized carbons (Fsp3) is 0.438. The van der Waals surface area contributed by atoms with Gasteiger partial charge in [-0.05, 0) is 25.0 Å². The van der Waals surface area contributed by atoms with Crippen LogP contribution in [0.1, 0.15) is 32.1 Å². The maximum Gasteiger partial charge on any atom is 0.344 e. The van der Waals surface area contributed by atoms with E-state index in [-0.39, 0.29) is 12.2 Å². The summed E-state index contributed by atoms with van der Waals surface area (Å²) in [5.74, 6) is -2.18. The number of anilines is 1. The van der Waals surface area contributed by atoms with Crippen LogP contribution in [0.2, 0.25) is 0 Å². The first kappa shape index (κ1) is 18.5. The minimum atomic E-state index is -0.993. The van der Waals surface area contributed by atoms with Gasteiger partial charge in [-0.2, -0.15) is 9.40 Å². The molecule has 0 aromatic heterocycles. The summed E-state index contributed by atoms with van der Waals surface area (Å²) in [5.41, 5.74) is 0.705. The van der Waals surface area contributed by atoms with Gasteiger partial charge in [0.1, 0.15) is 5.54 Å². The Balaban J connectivity index is 1.60. The first-order chi connectivity index (χ1) is 12.8. The van der Waals surface area contributed by atoms with Crippen LogP contribution in [-0.2, 0) is 9.59 Å². The van der Waals surface area contributed by atoms with Gasteiger partial charge in [0.15, 0.2) is 0 Å². The second-order valence-electron chi connectivity index (χ2n) is 6.53. The highest BCUT2D eigenvalue weighted by atomic mass is 19.1. The van der Waals surface area contributed by atoms with Gasteiger partial charge >= 0.3 is 11.7 Å². The lowest BCUT2D eigenvalue weighted by molar-refractivity contribution is -0.387. The molecule has 2 fully saturated rings. The summed E-state index contributed by atoms with van der Waals surface area (Å²) in [6.45, 7) is -0.368. The van der Waals surface area contributed by atoms with Gasteiger partial charge in [-0.25, -0.2) is 4.79 Å². The minimum absolute atomic E-state index is 0.152. The maximum absolute atomic E-state index is 13.3. The van der Waals surface area contributed by atoms with Crippen LogP contribution in [0, 0.1) is 15.9 Å². The largest absolute Gasteiger partial charge is 0.376 e. The van der Waals surface area contributed by atoms with Crippen molar-refractivity contribution < 1.29 is 23.7 Å². The van der Waals surface area contributed by atoms with Crippen molar-refractivity contribution in [3.63, 3.8) is 0 Å². The van der Waals surface area contributed by atoms with E-state index in [2.05, 4.69) is 16.1 Å². The number of amides is 4. The van der Waals surface area contributed by atoms with Crippen LogP contribution in [-0.4, -0.2) is 39.9 Å². The van der Waals surface area contributed by atoms with Crippen LogP contribution in [0.4, 0.5) is 20.6 Å². The molecule has 1 aromatic carbocycles. The number of carbonyl (C=O) groups excluding carboxylic acids is 3. The lowest BCUT2D eigenvalue weighted by atomic mass is 9.82. The van der Waals surface area contributed by atoms with Crippen molar-refractivity contribution in [3.05, 3.63) is 34.1 Å². The Labute approximate surface area is 153 Å². The molecule has 3 rings (SSSR count). The van der Waals surface area contributed by atoms with E-state index in [1.54, 1.807) is 0 Å². The minimum Gasteiger partial charge on any atom is -0.376 e. The first-order valence-corrected chi connectivity index (χ1v) is 8.46. The zero-order valence-corrected chi connectivity index (χ0v) is 14.3. The van der Waals surface area contributed by atoms with Crippen molar-refractivity contribution in [2.45, 2.75) is 37.6 Å². The van der Waals surface area contributed by atoms with Crippen LogP contribution in [0.5, 0.6) is 0 Å². The topological polar surface area (TPSA) is 134 Å². The highest BCUT2D eigenvalue weighted by Gasteiger charge is 2.52. The molecular formula is C16H18FN5O5. The van der Waals surface area contributed by atoms with E-state index < -0.39 is 39.8 Å². The summed E-state index contributed by atoms with van der Waals surface area (Å²) in [4.78, 5) is 46.5. The number of imide groups is 1. The molecule has 1 saturated carbocycles. The standard InChI is InChI=1S/C16H18FN5O5/c17-11-5-4-10(8-12(11)22(26)27)18-9-13(23)20-21-14(24)16(19-15(21)25)6-2-1-3-7-16/h4-5,8,18H,1-3,6-7,9H2,(H,19,25)(H,20,23). The van der Waals surface area contributed by atoms with Crippen LogP contribution in [0.15, 0.2) is 18.2 Å². The number of nitro benzene ring substituents is 1. The number of nitro groups is 1. The molecule has 4 amide bonds. The van der Waals surface area contributed by atoms with Crippen molar-refractivity contribution >= 4 is 29.2 Å². The lowest BCUT2D eigenvalue weighted by Gasteiger charge is -2.30. The van der Waals surface area contributed by atoms with Crippen molar-refractivity contribution in [1.29, 1.82) is 0 Å². The number of hydrogen-bond donors (Lipinski definition) is 3. The first-order valence-electron chi connectivity index (χ1n) is 8.46. The van der Waals surface area contributed by atoms with Crippen LogP contribution >= 0.6 is 0 Å². The summed E-state index contributed by atoms with van der Waals surface area (Å²) in [5, 5.41) is 16.6. The monoisotopic (exact) mass is 379 g/mol. The average molecular weight is 379 g/mol. The predicted molar refractivity (Wildman–Crippen MR) is 90.9 cm³/mol. The molecular weight excluding hydrogens is 361 g/mol. The molecule has 1 spiro atoms. The van der Waals surface area contributed by atoms with E-state index in [1.165, 1.54) is 6.07 Å². The fourth-order valence-electron chi connectivity index (χ4n) is 3.33. The summed E-state index contributed by atoms with van der Waals surface area (Å²) >= 11 is 0. The molecule has 1 aromatic rings. The third-order valence-electron chi connectivity index (χ3n) is 4.70. The van der Waals surface area contributed by atoms with E-state index in [9.17, 15) is 28.9 Å². The number of nitrogens with one attached hydrogen (secondary N) is 3. The molecule has 10 nitrogen and oxygen atoms in total. The van der Waals surface area contributed by atoms with Crippen LogP contribution in [0.25, 0.3) is 0 Å². The van der Waals surface area contributed by atoms with Crippen molar-refractivity contribution in [3.8, 4) is 0 Å². The van der Waals surface area contributed by atoms with Crippen molar-refractivity contribution in [1.82, 2.24) is 15.8 Å². The Hall–Kier alpha value is -3.24. The molecule has 0 atom stereocenters. The summed E-state index contributed by atoms with van der Waals surface area (Å²) in [7, 11) is 0. The SMILES string of the molecule is O=C(CNc1ccc(F)c([N+](=O)[O-])c1)NN1C(=O)NC2(CCCCC2)C1=O. The number of rotatable bonds is 5. The predicted octanol–water partition coefficient (Wildman–Crippen LogP) is 1.43. The Kier molecular flexibility index (Phi) is 4.93. The third kappa shape index (κ3) is 3.66. The second-order valence-corrected chi connectivity index (χ2v) is 6.53. The van der Waals surface area contributed by atoms with E-state index in [0.717, 1.165) is 31.4 Å². The number of halogens is 1. The summed E-state index contributed by atoms with van der Waals surface area (Å²) in [6.07, 6.45) is 3.69. The normalized spacial score (nSPS) is 18.3. The molecule has 27 heavy (non-hydrogen) atoms. The molecule has 2 aliphatic rings. The van der Waals surface area contributed by atoms with Crippen LogP contribution < -0.4 is 16.1 Å². The Morgan fingerprint density at radius 2 is 2.00 bits per heavy atom. The Bertz CT molecular complexity index is 808. The highest BCUT2D eigenvalue weighted by molar-refractivity contribution is 6.08. The maximum atomic E-state index is 13.3. The van der Waals surface area contributed by atoms with Gasteiger partial charge < -0.3 is 10.6 Å². The number of nitrogens with zero attached hydrogens (tertiary/aromatic N) is 2. The third-order valence-corrected chi connectivity index (χ3v) is 4.70. The van der Waals surface area contributed by atoms with E-state index in [0.29, 0.717) is 17.9 Å². The zero-order chi connectivity index (χ0) is 19.6. The molecule has 0 radical (unpaired) electrons. The van der Waals surface area contributed by atoms with Gasteiger partial charge in [0, 0.05) is 11.8 Å². The fourth-order valence-corrected chi connectivity index (χ4v) is 3.33. The quantitative estimate of drug-likeness (QED) is 0.403. The van der Waals surface area contributed by atoms with Gasteiger partial charge in [-0.3, -0.25) is 25.1 Å². The molecule has 1 heterocycles. The number of hydrazine groups is 1. The zero-order valence-electron chi connectivity index (χ0n) is 14.3. The smallest absolute Gasteiger partial charge is 0.344 e. The molecule has 1 aliphatic heterocycles. The number of hydrogen-bond acceptors (Lipinski definition) is 6. The molecule has 0 unspecified atom stereocenters. The van der Waals surface area contributed by atoms with Crippen LogP contribution in [0.3, 0.4) is 0 Å². The molecule has 144 valence electrons. The van der Waals surface area contributed by atoms with Crippen molar-refractivity contribution in [2.75, 3.05) is 11.9 Å². The lowest BCUT2D eigenvalue weighted by Crippen LogP contribution is -2.51. The Morgan fingerprint density at radius 1 is 1.30 bits per heavy atom. The number of carbonyl (C=O) groups is 3. The molecule has 0 bridgehead atoms.